The molecule has 8 nitrogen and oxygen atoms in total. The van der Waals surface area contributed by atoms with Crippen molar-refractivity contribution < 1.29 is 9.21 Å². The van der Waals surface area contributed by atoms with Crippen LogP contribution >= 0.6 is 0 Å². The maximum Gasteiger partial charge on any atom is 0.333 e. The van der Waals surface area contributed by atoms with Gasteiger partial charge in [-0.3, -0.25) is 18.6 Å². The summed E-state index contributed by atoms with van der Waals surface area (Å²) in [7, 11) is 1.51. The van der Waals surface area contributed by atoms with Gasteiger partial charge in [-0.05, 0) is 13.8 Å². The monoisotopic (exact) mass is 352 g/mol. The average Bonchev–Trinajstić information content (AvgIpc) is 3.18. The van der Waals surface area contributed by atoms with E-state index in [4.69, 9.17) is 4.42 Å². The van der Waals surface area contributed by atoms with Gasteiger partial charge in [-0.1, -0.05) is 30.3 Å². The predicted molar refractivity (Wildman–Crippen MR) is 95.3 cm³/mol. The highest BCUT2D eigenvalue weighted by atomic mass is 16.4. The summed E-state index contributed by atoms with van der Waals surface area (Å²) in [5.41, 5.74) is 0.0906. The Morgan fingerprint density at radius 3 is 2.54 bits per heavy atom. The van der Waals surface area contributed by atoms with Crippen molar-refractivity contribution in [2.24, 2.45) is 7.05 Å². The molecule has 0 saturated heterocycles. The summed E-state index contributed by atoms with van der Waals surface area (Å²) in [5, 5.41) is 0. The molecule has 0 radical (unpaired) electrons. The van der Waals surface area contributed by atoms with Gasteiger partial charge < -0.3 is 4.42 Å². The molecule has 4 rings (SSSR count). The van der Waals surface area contributed by atoms with E-state index >= 15 is 0 Å². The number of benzene rings is 1. The van der Waals surface area contributed by atoms with Crippen LogP contribution in [-0.4, -0.2) is 24.3 Å². The van der Waals surface area contributed by atoms with E-state index in [1.807, 2.05) is 30.3 Å². The van der Waals surface area contributed by atoms with Crippen LogP contribution in [0.1, 0.15) is 19.9 Å². The average molecular weight is 352 g/mol. The minimum Gasteiger partial charge on any atom is -0.423 e. The first-order valence-electron chi connectivity index (χ1n) is 8.09. The largest absolute Gasteiger partial charge is 0.423 e. The smallest absolute Gasteiger partial charge is 0.333 e. The number of rotatable bonds is 3. The molecule has 3 aromatic heterocycles. The van der Waals surface area contributed by atoms with Crippen molar-refractivity contribution in [3.05, 3.63) is 57.4 Å². The van der Waals surface area contributed by atoms with Crippen molar-refractivity contribution in [1.29, 1.82) is 0 Å². The molecule has 0 aliphatic heterocycles. The summed E-state index contributed by atoms with van der Waals surface area (Å²) < 4.78 is 9.48. The van der Waals surface area contributed by atoms with Crippen molar-refractivity contribution in [1.82, 2.24) is 18.5 Å². The van der Waals surface area contributed by atoms with E-state index in [1.54, 1.807) is 6.20 Å². The fourth-order valence-electron chi connectivity index (χ4n) is 2.98. The number of aromatic nitrogens is 4. The van der Waals surface area contributed by atoms with Gasteiger partial charge in [0.2, 0.25) is 0 Å². The number of hydrogen-bond donors (Lipinski definition) is 0. The normalized spacial score (nSPS) is 12.7. The van der Waals surface area contributed by atoms with Crippen molar-refractivity contribution in [3.63, 3.8) is 0 Å². The lowest BCUT2D eigenvalue weighted by molar-refractivity contribution is -0.119. The van der Waals surface area contributed by atoms with Crippen LogP contribution in [0.2, 0.25) is 0 Å². The second-order valence-corrected chi connectivity index (χ2v) is 6.20. The van der Waals surface area contributed by atoms with E-state index < -0.39 is 17.3 Å². The van der Waals surface area contributed by atoms with E-state index in [0.29, 0.717) is 5.76 Å². The number of oxazole rings is 1. The van der Waals surface area contributed by atoms with E-state index in [2.05, 4.69) is 4.98 Å². The summed E-state index contributed by atoms with van der Waals surface area (Å²) in [6.07, 6.45) is 1.66. The first-order valence-corrected chi connectivity index (χ1v) is 8.09. The maximum absolute atomic E-state index is 13.0. The van der Waals surface area contributed by atoms with Crippen LogP contribution in [-0.2, 0) is 11.8 Å². The number of carbonyl (C=O) groups excluding carboxylic acids is 1. The Morgan fingerprint density at radius 1 is 1.19 bits per heavy atom. The molecule has 0 aliphatic carbocycles. The van der Waals surface area contributed by atoms with E-state index in [9.17, 15) is 14.4 Å². The molecule has 0 spiro atoms. The van der Waals surface area contributed by atoms with Crippen molar-refractivity contribution in [2.75, 3.05) is 0 Å². The molecule has 1 atom stereocenters. The first-order chi connectivity index (χ1) is 12.4. The van der Waals surface area contributed by atoms with Crippen LogP contribution in [0.3, 0.4) is 0 Å². The fraction of sp³-hybridized carbons (Fsp3) is 0.222. The Morgan fingerprint density at radius 2 is 1.88 bits per heavy atom. The highest BCUT2D eigenvalue weighted by Gasteiger charge is 2.23. The van der Waals surface area contributed by atoms with Crippen LogP contribution < -0.4 is 11.2 Å². The standard InChI is InChI=1S/C18H16N4O4/c1-10(11(2)23)22-16(24)14-15(20(3)18(22)25)19-17-21(14)9-13(26-17)12-7-5-4-6-8-12/h4-10H,1-3H3. The quantitative estimate of drug-likeness (QED) is 0.560. The zero-order chi connectivity index (χ0) is 18.6. The molecule has 26 heavy (non-hydrogen) atoms. The number of fused-ring (bicyclic) bond motifs is 3. The molecule has 0 aliphatic rings. The van der Waals surface area contributed by atoms with Crippen molar-refractivity contribution in [3.8, 4) is 11.3 Å². The summed E-state index contributed by atoms with van der Waals surface area (Å²) >= 11 is 0. The molecule has 1 aromatic carbocycles. The lowest BCUT2D eigenvalue weighted by atomic mass is 10.2. The molecular formula is C18H16N4O4. The molecule has 4 aromatic rings. The second-order valence-electron chi connectivity index (χ2n) is 6.20. The summed E-state index contributed by atoms with van der Waals surface area (Å²) in [6.45, 7) is 2.87. The molecule has 3 heterocycles. The lowest BCUT2D eigenvalue weighted by Gasteiger charge is -2.12. The molecule has 8 heteroatoms. The minimum atomic E-state index is -0.864. The summed E-state index contributed by atoms with van der Waals surface area (Å²) in [5.74, 6) is 0.482. The second kappa shape index (κ2) is 5.55. The zero-order valence-electron chi connectivity index (χ0n) is 14.5. The molecule has 0 bridgehead atoms. The zero-order valence-corrected chi connectivity index (χ0v) is 14.5. The van der Waals surface area contributed by atoms with Gasteiger partial charge in [-0.15, -0.1) is 0 Å². The SMILES string of the molecule is CC(=O)C(C)n1c(=O)c2c(nc3oc(-c4ccccc4)cn32)n(C)c1=O. The van der Waals surface area contributed by atoms with Crippen LogP contribution in [0.25, 0.3) is 28.3 Å². The minimum absolute atomic E-state index is 0.195. The third kappa shape index (κ3) is 2.15. The molecule has 1 unspecified atom stereocenters. The van der Waals surface area contributed by atoms with E-state index in [1.165, 1.54) is 29.9 Å². The van der Waals surface area contributed by atoms with Gasteiger partial charge in [0.1, 0.15) is 0 Å². The van der Waals surface area contributed by atoms with Crippen molar-refractivity contribution >= 4 is 22.8 Å². The van der Waals surface area contributed by atoms with Crippen LogP contribution in [0.5, 0.6) is 0 Å². The molecule has 0 fully saturated rings. The third-order valence-electron chi connectivity index (χ3n) is 4.57. The van der Waals surface area contributed by atoms with Gasteiger partial charge in [0.25, 0.3) is 5.56 Å². The van der Waals surface area contributed by atoms with E-state index in [0.717, 1.165) is 10.1 Å². The Labute approximate surface area is 146 Å². The number of nitrogens with zero attached hydrogens (tertiary/aromatic N) is 4. The molecule has 0 saturated carbocycles. The number of ketones is 1. The highest BCUT2D eigenvalue weighted by molar-refractivity contribution is 5.80. The number of hydrogen-bond acceptors (Lipinski definition) is 5. The van der Waals surface area contributed by atoms with Gasteiger partial charge in [0.05, 0.1) is 12.2 Å². The van der Waals surface area contributed by atoms with Gasteiger partial charge in [0, 0.05) is 12.6 Å². The first kappa shape index (κ1) is 16.1. The van der Waals surface area contributed by atoms with Gasteiger partial charge >= 0.3 is 11.5 Å². The van der Waals surface area contributed by atoms with Crippen LogP contribution in [0.4, 0.5) is 0 Å². The van der Waals surface area contributed by atoms with Crippen molar-refractivity contribution in [2.45, 2.75) is 19.9 Å². The number of Topliss-reactive ketones (excluding diaryl/α,β-unsaturated/α-hetero) is 1. The Kier molecular flexibility index (Phi) is 3.43. The Balaban J connectivity index is 2.08. The van der Waals surface area contributed by atoms with Gasteiger partial charge in [-0.25, -0.2) is 9.36 Å². The lowest BCUT2D eigenvalue weighted by Crippen LogP contribution is -2.42. The van der Waals surface area contributed by atoms with E-state index in [-0.39, 0.29) is 22.8 Å². The highest BCUT2D eigenvalue weighted by Crippen LogP contribution is 2.24. The number of carbonyl (C=O) groups is 1. The van der Waals surface area contributed by atoms with Crippen LogP contribution in [0.15, 0.2) is 50.5 Å². The predicted octanol–water partition coefficient (Wildman–Crippen LogP) is 1.76. The van der Waals surface area contributed by atoms with Gasteiger partial charge in [0.15, 0.2) is 22.7 Å². The topological polar surface area (TPSA) is 91.5 Å². The fourth-order valence-corrected chi connectivity index (χ4v) is 2.98. The molecule has 0 amide bonds. The number of aryl methyl sites for hydroxylation is 1. The molecule has 0 N–H and O–H groups in total. The third-order valence-corrected chi connectivity index (χ3v) is 4.57. The molecular weight excluding hydrogens is 336 g/mol. The molecule has 132 valence electrons. The Bertz CT molecular complexity index is 1270. The maximum atomic E-state index is 13.0. The summed E-state index contributed by atoms with van der Waals surface area (Å²) in [6, 6.07) is 8.55. The van der Waals surface area contributed by atoms with Crippen LogP contribution in [0, 0.1) is 0 Å². The number of imidazole rings is 1. The van der Waals surface area contributed by atoms with Gasteiger partial charge in [-0.2, -0.15) is 4.98 Å². The summed E-state index contributed by atoms with van der Waals surface area (Å²) in [4.78, 5) is 41.5. The Hall–Kier alpha value is -3.42.